The third-order valence-corrected chi connectivity index (χ3v) is 3.32. The number of aryl methyl sites for hydroxylation is 2. The van der Waals surface area contributed by atoms with Crippen molar-refractivity contribution in [3.05, 3.63) is 71.3 Å². The van der Waals surface area contributed by atoms with E-state index in [-0.39, 0.29) is 0 Å². The lowest BCUT2D eigenvalue weighted by atomic mass is 9.99. The highest BCUT2D eigenvalue weighted by atomic mass is 16.3. The molecule has 0 saturated heterocycles. The van der Waals surface area contributed by atoms with Crippen LogP contribution >= 0.6 is 0 Å². The minimum absolute atomic E-state index is 0.443. The first kappa shape index (κ1) is 13.8. The van der Waals surface area contributed by atoms with E-state index < -0.39 is 6.10 Å². The van der Waals surface area contributed by atoms with Crippen LogP contribution in [0.1, 0.15) is 29.2 Å². The van der Waals surface area contributed by atoms with Crippen LogP contribution in [0.5, 0.6) is 0 Å². The van der Waals surface area contributed by atoms with Crippen LogP contribution in [0.4, 0.5) is 0 Å². The second-order valence-electron chi connectivity index (χ2n) is 4.82. The first-order chi connectivity index (χ1) is 9.29. The van der Waals surface area contributed by atoms with E-state index in [0.29, 0.717) is 13.0 Å². The summed E-state index contributed by atoms with van der Waals surface area (Å²) in [5, 5.41) is 9.95. The van der Waals surface area contributed by atoms with Crippen molar-refractivity contribution in [2.45, 2.75) is 25.4 Å². The fourth-order valence-corrected chi connectivity index (χ4v) is 2.21. The van der Waals surface area contributed by atoms with E-state index >= 15 is 0 Å². The minimum atomic E-state index is -0.443. The van der Waals surface area contributed by atoms with Gasteiger partial charge in [0.2, 0.25) is 0 Å². The lowest BCUT2D eigenvalue weighted by molar-refractivity contribution is 0.170. The number of nitrogens with two attached hydrogens (primary N) is 1. The van der Waals surface area contributed by atoms with Gasteiger partial charge in [-0.25, -0.2) is 0 Å². The topological polar surface area (TPSA) is 46.2 Å². The summed E-state index contributed by atoms with van der Waals surface area (Å²) in [5.74, 6) is 0. The molecule has 0 aromatic heterocycles. The van der Waals surface area contributed by atoms with Gasteiger partial charge in [0.1, 0.15) is 0 Å². The molecule has 0 saturated carbocycles. The molecule has 0 aliphatic heterocycles. The lowest BCUT2D eigenvalue weighted by Crippen LogP contribution is -2.07. The Balaban J connectivity index is 1.99. The zero-order valence-corrected chi connectivity index (χ0v) is 11.1. The maximum atomic E-state index is 9.95. The Bertz CT molecular complexity index is 496. The quantitative estimate of drug-likeness (QED) is 0.833. The highest BCUT2D eigenvalue weighted by Gasteiger charge is 2.06. The summed E-state index contributed by atoms with van der Waals surface area (Å²) in [4.78, 5) is 0. The fourth-order valence-electron chi connectivity index (χ4n) is 2.21. The van der Waals surface area contributed by atoms with Crippen LogP contribution in [0.25, 0.3) is 0 Å². The predicted molar refractivity (Wildman–Crippen MR) is 78.9 cm³/mol. The van der Waals surface area contributed by atoms with E-state index in [9.17, 15) is 5.11 Å². The summed E-state index contributed by atoms with van der Waals surface area (Å²) >= 11 is 0. The van der Waals surface area contributed by atoms with Gasteiger partial charge < -0.3 is 10.8 Å². The molecule has 0 heterocycles. The number of rotatable bonds is 6. The van der Waals surface area contributed by atoms with Crippen molar-refractivity contribution in [2.75, 3.05) is 6.54 Å². The highest BCUT2D eigenvalue weighted by molar-refractivity contribution is 5.26. The van der Waals surface area contributed by atoms with Crippen molar-refractivity contribution in [3.63, 3.8) is 0 Å². The molecular weight excluding hydrogens is 234 g/mol. The standard InChI is InChI=1S/C17H21NO/c18-12-11-17(19)16-8-4-7-15(13-16)10-9-14-5-2-1-3-6-14/h1-8,13,17,19H,9-12,18H2. The van der Waals surface area contributed by atoms with E-state index in [4.69, 9.17) is 5.73 Å². The molecule has 0 bridgehead atoms. The Hall–Kier alpha value is -1.64. The molecule has 2 nitrogen and oxygen atoms in total. The van der Waals surface area contributed by atoms with Gasteiger partial charge in [-0.3, -0.25) is 0 Å². The van der Waals surface area contributed by atoms with Gasteiger partial charge in [-0.05, 0) is 42.5 Å². The van der Waals surface area contributed by atoms with Gasteiger partial charge in [0.25, 0.3) is 0 Å². The first-order valence-corrected chi connectivity index (χ1v) is 6.80. The largest absolute Gasteiger partial charge is 0.388 e. The van der Waals surface area contributed by atoms with Crippen LogP contribution < -0.4 is 5.73 Å². The van der Waals surface area contributed by atoms with Crippen molar-refractivity contribution in [3.8, 4) is 0 Å². The molecule has 2 aromatic rings. The molecule has 2 heteroatoms. The zero-order valence-electron chi connectivity index (χ0n) is 11.1. The second kappa shape index (κ2) is 7.07. The molecule has 0 aliphatic rings. The van der Waals surface area contributed by atoms with Gasteiger partial charge >= 0.3 is 0 Å². The second-order valence-corrected chi connectivity index (χ2v) is 4.82. The molecule has 19 heavy (non-hydrogen) atoms. The van der Waals surface area contributed by atoms with Crippen molar-refractivity contribution in [2.24, 2.45) is 5.73 Å². The molecule has 0 amide bonds. The van der Waals surface area contributed by atoms with Gasteiger partial charge in [-0.2, -0.15) is 0 Å². The van der Waals surface area contributed by atoms with Crippen LogP contribution in [0.2, 0.25) is 0 Å². The van der Waals surface area contributed by atoms with Crippen molar-refractivity contribution in [1.82, 2.24) is 0 Å². The van der Waals surface area contributed by atoms with Gasteiger partial charge in [0.15, 0.2) is 0 Å². The average molecular weight is 255 g/mol. The molecule has 0 radical (unpaired) electrons. The third-order valence-electron chi connectivity index (χ3n) is 3.32. The summed E-state index contributed by atoms with van der Waals surface area (Å²) in [6.45, 7) is 0.509. The number of aliphatic hydroxyl groups is 1. The third kappa shape index (κ3) is 4.19. The van der Waals surface area contributed by atoms with Crippen LogP contribution in [-0.2, 0) is 12.8 Å². The average Bonchev–Trinajstić information content (AvgIpc) is 2.47. The van der Waals surface area contributed by atoms with Gasteiger partial charge in [-0.1, -0.05) is 54.6 Å². The Kier molecular flexibility index (Phi) is 5.13. The molecule has 0 fully saturated rings. The number of aliphatic hydroxyl groups excluding tert-OH is 1. The van der Waals surface area contributed by atoms with E-state index in [1.807, 2.05) is 18.2 Å². The van der Waals surface area contributed by atoms with Crippen LogP contribution in [0.3, 0.4) is 0 Å². The van der Waals surface area contributed by atoms with Crippen LogP contribution in [0, 0.1) is 0 Å². The summed E-state index contributed by atoms with van der Waals surface area (Å²) in [6, 6.07) is 18.6. The Morgan fingerprint density at radius 1 is 0.895 bits per heavy atom. The predicted octanol–water partition coefficient (Wildman–Crippen LogP) is 2.85. The van der Waals surface area contributed by atoms with Crippen molar-refractivity contribution in [1.29, 1.82) is 0 Å². The van der Waals surface area contributed by atoms with Crippen molar-refractivity contribution >= 4 is 0 Å². The smallest absolute Gasteiger partial charge is 0.0802 e. The number of benzene rings is 2. The maximum absolute atomic E-state index is 9.95. The molecule has 2 aromatic carbocycles. The molecular formula is C17H21NO. The van der Waals surface area contributed by atoms with E-state index in [1.165, 1.54) is 11.1 Å². The van der Waals surface area contributed by atoms with Crippen LogP contribution in [-0.4, -0.2) is 11.7 Å². The Labute approximate surface area is 114 Å². The van der Waals surface area contributed by atoms with Gasteiger partial charge in [0, 0.05) is 0 Å². The van der Waals surface area contributed by atoms with Crippen LogP contribution in [0.15, 0.2) is 54.6 Å². The molecule has 0 aliphatic carbocycles. The summed E-state index contributed by atoms with van der Waals surface area (Å²) in [5.41, 5.74) is 9.05. The zero-order chi connectivity index (χ0) is 13.5. The van der Waals surface area contributed by atoms with Gasteiger partial charge in [-0.15, -0.1) is 0 Å². The monoisotopic (exact) mass is 255 g/mol. The normalized spacial score (nSPS) is 12.3. The van der Waals surface area contributed by atoms with E-state index in [1.54, 1.807) is 0 Å². The summed E-state index contributed by atoms with van der Waals surface area (Å²) < 4.78 is 0. The molecule has 1 atom stereocenters. The number of hydrogen-bond donors (Lipinski definition) is 2. The molecule has 2 rings (SSSR count). The highest BCUT2D eigenvalue weighted by Crippen LogP contribution is 2.18. The lowest BCUT2D eigenvalue weighted by Gasteiger charge is -2.11. The molecule has 1 unspecified atom stereocenters. The fraction of sp³-hybridized carbons (Fsp3) is 0.294. The Morgan fingerprint density at radius 3 is 2.32 bits per heavy atom. The summed E-state index contributed by atoms with van der Waals surface area (Å²) in [7, 11) is 0. The van der Waals surface area contributed by atoms with Gasteiger partial charge in [0.05, 0.1) is 6.10 Å². The van der Waals surface area contributed by atoms with E-state index in [0.717, 1.165) is 18.4 Å². The molecule has 100 valence electrons. The minimum Gasteiger partial charge on any atom is -0.388 e. The van der Waals surface area contributed by atoms with E-state index in [2.05, 4.69) is 36.4 Å². The maximum Gasteiger partial charge on any atom is 0.0802 e. The number of hydrogen-bond acceptors (Lipinski definition) is 2. The molecule has 0 spiro atoms. The SMILES string of the molecule is NCCC(O)c1cccc(CCc2ccccc2)c1. The van der Waals surface area contributed by atoms with Crippen molar-refractivity contribution < 1.29 is 5.11 Å². The molecule has 3 N–H and O–H groups in total. The summed E-state index contributed by atoms with van der Waals surface area (Å²) in [6.07, 6.45) is 2.19. The first-order valence-electron chi connectivity index (χ1n) is 6.80. The Morgan fingerprint density at radius 2 is 1.58 bits per heavy atom.